The Labute approximate surface area is 165 Å². The average Bonchev–Trinajstić information content (AvgIpc) is 3.14. The minimum Gasteiger partial charge on any atom is -0.455 e. The number of furan rings is 1. The van der Waals surface area contributed by atoms with Gasteiger partial charge in [0.1, 0.15) is 11.5 Å². The summed E-state index contributed by atoms with van der Waals surface area (Å²) in [7, 11) is 0. The summed E-state index contributed by atoms with van der Waals surface area (Å²) in [5.74, 6) is -0.533. The molecular weight excluding hydrogens is 385 g/mol. The highest BCUT2D eigenvalue weighted by Crippen LogP contribution is 2.31. The van der Waals surface area contributed by atoms with Crippen LogP contribution in [0.5, 0.6) is 0 Å². The molecule has 3 rings (SSSR count). The van der Waals surface area contributed by atoms with Crippen LogP contribution in [0.25, 0.3) is 11.3 Å². The van der Waals surface area contributed by atoms with Gasteiger partial charge in [0.25, 0.3) is 5.91 Å². The van der Waals surface area contributed by atoms with E-state index in [0.717, 1.165) is 0 Å². The van der Waals surface area contributed by atoms with Crippen molar-refractivity contribution in [1.29, 1.82) is 5.26 Å². The van der Waals surface area contributed by atoms with Crippen LogP contribution in [0.2, 0.25) is 10.0 Å². The number of benzene rings is 2. The van der Waals surface area contributed by atoms with Gasteiger partial charge in [-0.2, -0.15) is 10.4 Å². The minimum atomic E-state index is -0.944. The molecule has 1 aromatic heterocycles. The maximum absolute atomic E-state index is 12.2. The second-order valence-electron chi connectivity index (χ2n) is 5.53. The Kier molecular flexibility index (Phi) is 5.92. The number of halogens is 2. The molecule has 0 aliphatic rings. The molecule has 5 nitrogen and oxygen atoms in total. The van der Waals surface area contributed by atoms with Gasteiger partial charge in [-0.3, -0.25) is 4.79 Å². The molecule has 27 heavy (non-hydrogen) atoms. The molecular formula is C20H13Cl2N3O2. The zero-order chi connectivity index (χ0) is 19.2. The van der Waals surface area contributed by atoms with E-state index in [1.165, 1.54) is 6.21 Å². The molecule has 1 heterocycles. The van der Waals surface area contributed by atoms with E-state index >= 15 is 0 Å². The van der Waals surface area contributed by atoms with Crippen molar-refractivity contribution in [2.75, 3.05) is 0 Å². The lowest BCUT2D eigenvalue weighted by Crippen LogP contribution is -2.24. The van der Waals surface area contributed by atoms with Crippen LogP contribution in [0.3, 0.4) is 0 Å². The molecule has 3 aromatic rings. The van der Waals surface area contributed by atoms with E-state index in [2.05, 4.69) is 10.5 Å². The molecule has 0 unspecified atom stereocenters. The van der Waals surface area contributed by atoms with Crippen LogP contribution in [0.4, 0.5) is 0 Å². The van der Waals surface area contributed by atoms with E-state index < -0.39 is 11.8 Å². The van der Waals surface area contributed by atoms with Crippen molar-refractivity contribution in [2.45, 2.75) is 5.92 Å². The Hall–Kier alpha value is -3.07. The second-order valence-corrected chi connectivity index (χ2v) is 6.38. The lowest BCUT2D eigenvalue weighted by atomic mass is 10.0. The Bertz CT molecular complexity index is 1020. The van der Waals surface area contributed by atoms with Crippen LogP contribution in [0.15, 0.2) is 70.2 Å². The van der Waals surface area contributed by atoms with E-state index in [0.29, 0.717) is 32.7 Å². The fourth-order valence-corrected chi connectivity index (χ4v) is 2.79. The molecule has 0 fully saturated rings. The molecule has 0 aliphatic heterocycles. The van der Waals surface area contributed by atoms with Crippen molar-refractivity contribution in [2.24, 2.45) is 5.10 Å². The zero-order valence-electron chi connectivity index (χ0n) is 13.9. The second kappa shape index (κ2) is 8.54. The molecule has 1 N–H and O–H groups in total. The lowest BCUT2D eigenvalue weighted by molar-refractivity contribution is -0.121. The molecule has 0 spiro atoms. The summed E-state index contributed by atoms with van der Waals surface area (Å²) >= 11 is 12.1. The van der Waals surface area contributed by atoms with Crippen LogP contribution in [0, 0.1) is 11.3 Å². The highest BCUT2D eigenvalue weighted by atomic mass is 35.5. The van der Waals surface area contributed by atoms with Crippen LogP contribution in [0.1, 0.15) is 17.2 Å². The quantitative estimate of drug-likeness (QED) is 0.485. The summed E-state index contributed by atoms with van der Waals surface area (Å²) in [4.78, 5) is 12.2. The van der Waals surface area contributed by atoms with Gasteiger partial charge in [0.15, 0.2) is 5.92 Å². The minimum absolute atomic E-state index is 0.412. The van der Waals surface area contributed by atoms with Gasteiger partial charge in [0.2, 0.25) is 0 Å². The van der Waals surface area contributed by atoms with Gasteiger partial charge in [0.05, 0.1) is 17.3 Å². The molecule has 2 aromatic carbocycles. The first-order chi connectivity index (χ1) is 13.1. The van der Waals surface area contributed by atoms with Crippen molar-refractivity contribution >= 4 is 35.3 Å². The molecule has 1 amide bonds. The van der Waals surface area contributed by atoms with E-state index in [1.807, 2.05) is 12.1 Å². The first-order valence-corrected chi connectivity index (χ1v) is 8.67. The lowest BCUT2D eigenvalue weighted by Gasteiger charge is -2.06. The van der Waals surface area contributed by atoms with Crippen molar-refractivity contribution in [1.82, 2.24) is 5.43 Å². The number of hydrazone groups is 1. The van der Waals surface area contributed by atoms with E-state index in [9.17, 15) is 10.1 Å². The van der Waals surface area contributed by atoms with Gasteiger partial charge < -0.3 is 4.42 Å². The standard InChI is InChI=1S/C20H13Cl2N3O2/c21-14-6-8-18(22)16(10-14)19-9-7-15(27-19)12-24-25-20(26)17(11-23)13-4-2-1-3-5-13/h1-10,12,17H,(H,25,26)/b24-12-/t17-/m0/s1. The summed E-state index contributed by atoms with van der Waals surface area (Å²) in [6.07, 6.45) is 1.35. The predicted octanol–water partition coefficient (Wildman–Crippen LogP) is 5.01. The maximum atomic E-state index is 12.2. The monoisotopic (exact) mass is 397 g/mol. The number of hydrogen-bond acceptors (Lipinski definition) is 4. The van der Waals surface area contributed by atoms with Crippen molar-refractivity contribution < 1.29 is 9.21 Å². The largest absolute Gasteiger partial charge is 0.455 e. The Morgan fingerprint density at radius 1 is 1.15 bits per heavy atom. The molecule has 0 radical (unpaired) electrons. The van der Waals surface area contributed by atoms with Crippen LogP contribution in [-0.4, -0.2) is 12.1 Å². The Morgan fingerprint density at radius 2 is 1.93 bits per heavy atom. The number of rotatable bonds is 5. The predicted molar refractivity (Wildman–Crippen MR) is 105 cm³/mol. The first-order valence-electron chi connectivity index (χ1n) is 7.91. The smallest absolute Gasteiger partial charge is 0.261 e. The van der Waals surface area contributed by atoms with Gasteiger partial charge in [-0.1, -0.05) is 53.5 Å². The van der Waals surface area contributed by atoms with Gasteiger partial charge in [-0.05, 0) is 35.9 Å². The summed E-state index contributed by atoms with van der Waals surface area (Å²) in [6.45, 7) is 0. The number of nitrogens with one attached hydrogen (secondary N) is 1. The van der Waals surface area contributed by atoms with E-state index in [1.54, 1.807) is 54.6 Å². The number of nitrogens with zero attached hydrogens (tertiary/aromatic N) is 2. The highest BCUT2D eigenvalue weighted by molar-refractivity contribution is 6.35. The molecule has 0 saturated carbocycles. The number of nitriles is 1. The molecule has 0 bridgehead atoms. The van der Waals surface area contributed by atoms with Crippen molar-refractivity contribution in [3.8, 4) is 17.4 Å². The molecule has 134 valence electrons. The van der Waals surface area contributed by atoms with Gasteiger partial charge in [0, 0.05) is 10.6 Å². The van der Waals surface area contributed by atoms with Crippen molar-refractivity contribution in [3.63, 3.8) is 0 Å². The Morgan fingerprint density at radius 3 is 2.67 bits per heavy atom. The highest BCUT2D eigenvalue weighted by Gasteiger charge is 2.19. The summed E-state index contributed by atoms with van der Waals surface area (Å²) in [5.41, 5.74) is 3.61. The van der Waals surface area contributed by atoms with Crippen molar-refractivity contribution in [3.05, 3.63) is 82.0 Å². The normalized spacial score (nSPS) is 11.9. The third-order valence-corrected chi connectivity index (χ3v) is 4.28. The fourth-order valence-electron chi connectivity index (χ4n) is 2.41. The zero-order valence-corrected chi connectivity index (χ0v) is 15.4. The van der Waals surface area contributed by atoms with Gasteiger partial charge >= 0.3 is 0 Å². The summed E-state index contributed by atoms with van der Waals surface area (Å²) < 4.78 is 5.65. The average molecular weight is 398 g/mol. The molecule has 0 aliphatic carbocycles. The molecule has 1 atom stereocenters. The third kappa shape index (κ3) is 4.56. The maximum Gasteiger partial charge on any atom is 0.261 e. The fraction of sp³-hybridized carbons (Fsp3) is 0.0500. The Balaban J connectivity index is 1.69. The SMILES string of the molecule is N#C[C@H](C(=O)N/N=C\c1ccc(-c2cc(Cl)ccc2Cl)o1)c1ccccc1. The summed E-state index contributed by atoms with van der Waals surface area (Å²) in [5, 5.41) is 14.1. The van der Waals surface area contributed by atoms with Crippen LogP contribution >= 0.6 is 23.2 Å². The van der Waals surface area contributed by atoms with Gasteiger partial charge in [-0.25, -0.2) is 5.43 Å². The van der Waals surface area contributed by atoms with Gasteiger partial charge in [-0.15, -0.1) is 0 Å². The first kappa shape index (κ1) is 18.7. The van der Waals surface area contributed by atoms with E-state index in [4.69, 9.17) is 27.6 Å². The molecule has 0 saturated heterocycles. The molecule has 7 heteroatoms. The van der Waals surface area contributed by atoms with Crippen LogP contribution < -0.4 is 5.43 Å². The number of hydrogen-bond donors (Lipinski definition) is 1. The number of carbonyl (C=O) groups excluding carboxylic acids is 1. The van der Waals surface area contributed by atoms with Crippen LogP contribution in [-0.2, 0) is 4.79 Å². The number of carbonyl (C=O) groups is 1. The topological polar surface area (TPSA) is 78.4 Å². The number of amides is 1. The summed E-state index contributed by atoms with van der Waals surface area (Å²) in [6, 6.07) is 19.2. The third-order valence-electron chi connectivity index (χ3n) is 3.71. The van der Waals surface area contributed by atoms with E-state index in [-0.39, 0.29) is 0 Å².